The number of amides is 1. The van der Waals surface area contributed by atoms with Gasteiger partial charge in [0.1, 0.15) is 0 Å². The minimum Gasteiger partial charge on any atom is -0.478 e. The van der Waals surface area contributed by atoms with E-state index in [0.29, 0.717) is 5.57 Å². The van der Waals surface area contributed by atoms with Crippen molar-refractivity contribution in [3.05, 3.63) is 11.1 Å². The lowest BCUT2D eigenvalue weighted by atomic mass is 9.71. The molecular formula is C21H39NO3. The summed E-state index contributed by atoms with van der Waals surface area (Å²) in [5.41, 5.74) is -0.981. The van der Waals surface area contributed by atoms with E-state index in [9.17, 15) is 14.7 Å². The normalized spacial score (nSPS) is 15.1. The maximum atomic E-state index is 13.3. The van der Waals surface area contributed by atoms with E-state index in [1.165, 1.54) is 0 Å². The summed E-state index contributed by atoms with van der Waals surface area (Å²) in [7, 11) is 0. The van der Waals surface area contributed by atoms with Crippen LogP contribution in [0, 0.1) is 21.7 Å². The Bertz CT molecular complexity index is 530. The lowest BCUT2D eigenvalue weighted by Crippen LogP contribution is -2.53. The van der Waals surface area contributed by atoms with E-state index < -0.39 is 16.8 Å². The van der Waals surface area contributed by atoms with Crippen molar-refractivity contribution in [2.24, 2.45) is 21.7 Å². The van der Waals surface area contributed by atoms with Crippen molar-refractivity contribution in [1.29, 1.82) is 0 Å². The summed E-state index contributed by atoms with van der Waals surface area (Å²) >= 11 is 0. The van der Waals surface area contributed by atoms with Crippen LogP contribution in [0.5, 0.6) is 0 Å². The summed E-state index contributed by atoms with van der Waals surface area (Å²) in [6.07, 6.45) is 0. The van der Waals surface area contributed by atoms with Crippen molar-refractivity contribution in [2.75, 3.05) is 0 Å². The summed E-state index contributed by atoms with van der Waals surface area (Å²) in [6.45, 7) is 23.7. The van der Waals surface area contributed by atoms with Crippen LogP contribution in [0.4, 0.5) is 0 Å². The summed E-state index contributed by atoms with van der Waals surface area (Å²) in [5.74, 6) is -1.31. The Kier molecular flexibility index (Phi) is 6.75. The highest BCUT2D eigenvalue weighted by molar-refractivity contribution is 6.03. The molecule has 0 fully saturated rings. The number of carbonyl (C=O) groups excluding carboxylic acids is 1. The molecule has 0 heterocycles. The molecule has 4 heteroatoms. The molecule has 0 aliphatic carbocycles. The number of carboxylic acids is 1. The first-order valence-corrected chi connectivity index (χ1v) is 9.00. The molecule has 0 aromatic carbocycles. The number of aliphatic carboxylic acids is 1. The maximum Gasteiger partial charge on any atom is 0.332 e. The second kappa shape index (κ2) is 7.13. The van der Waals surface area contributed by atoms with Gasteiger partial charge in [0, 0.05) is 11.6 Å². The molecule has 146 valence electrons. The van der Waals surface area contributed by atoms with Gasteiger partial charge in [0.05, 0.1) is 5.57 Å². The summed E-state index contributed by atoms with van der Waals surface area (Å²) < 4.78 is 0. The Morgan fingerprint density at radius 2 is 1.00 bits per heavy atom. The third-order valence-corrected chi connectivity index (χ3v) is 4.20. The van der Waals surface area contributed by atoms with E-state index in [4.69, 9.17) is 0 Å². The predicted octanol–water partition coefficient (Wildman–Crippen LogP) is 5.04. The first-order chi connectivity index (χ1) is 10.7. The van der Waals surface area contributed by atoms with Crippen molar-refractivity contribution < 1.29 is 14.7 Å². The molecule has 0 rings (SSSR count). The molecule has 0 bridgehead atoms. The van der Waals surface area contributed by atoms with Crippen molar-refractivity contribution in [3.8, 4) is 0 Å². The number of rotatable bonds is 3. The summed E-state index contributed by atoms with van der Waals surface area (Å²) in [6, 6.07) is -0.0973. The van der Waals surface area contributed by atoms with Gasteiger partial charge in [-0.25, -0.2) is 4.79 Å². The minimum atomic E-state index is -1.03. The Labute approximate surface area is 154 Å². The van der Waals surface area contributed by atoms with Gasteiger partial charge in [0.15, 0.2) is 0 Å². The van der Waals surface area contributed by atoms with Gasteiger partial charge in [-0.2, -0.15) is 0 Å². The van der Waals surface area contributed by atoms with E-state index >= 15 is 0 Å². The lowest BCUT2D eigenvalue weighted by Gasteiger charge is -2.42. The van der Waals surface area contributed by atoms with Gasteiger partial charge in [-0.1, -0.05) is 83.1 Å². The van der Waals surface area contributed by atoms with E-state index in [-0.39, 0.29) is 28.4 Å². The monoisotopic (exact) mass is 353 g/mol. The average molecular weight is 354 g/mol. The first kappa shape index (κ1) is 23.7. The molecule has 0 aliphatic heterocycles. The van der Waals surface area contributed by atoms with Crippen LogP contribution < -0.4 is 5.32 Å². The fraction of sp³-hybridized carbons (Fsp3) is 0.810. The summed E-state index contributed by atoms with van der Waals surface area (Å²) in [5, 5.41) is 13.0. The molecule has 0 aromatic rings. The molecule has 0 radical (unpaired) electrons. The molecule has 1 amide bonds. The van der Waals surface area contributed by atoms with Gasteiger partial charge in [0.2, 0.25) is 5.91 Å². The van der Waals surface area contributed by atoms with Crippen LogP contribution in [-0.2, 0) is 9.59 Å². The molecule has 4 nitrogen and oxygen atoms in total. The number of carboxylic acid groups (broad SMARTS) is 1. The van der Waals surface area contributed by atoms with E-state index in [1.54, 1.807) is 0 Å². The fourth-order valence-corrected chi connectivity index (χ4v) is 3.57. The molecule has 25 heavy (non-hydrogen) atoms. The molecular weight excluding hydrogens is 314 g/mol. The van der Waals surface area contributed by atoms with Crippen molar-refractivity contribution in [1.82, 2.24) is 5.32 Å². The number of hydrogen-bond acceptors (Lipinski definition) is 2. The van der Waals surface area contributed by atoms with Gasteiger partial charge >= 0.3 is 5.97 Å². The quantitative estimate of drug-likeness (QED) is 0.699. The van der Waals surface area contributed by atoms with Crippen LogP contribution in [-0.4, -0.2) is 23.0 Å². The van der Waals surface area contributed by atoms with Crippen LogP contribution in [0.3, 0.4) is 0 Å². The molecule has 0 aliphatic rings. The highest BCUT2D eigenvalue weighted by Crippen LogP contribution is 2.39. The molecule has 2 N–H and O–H groups in total. The van der Waals surface area contributed by atoms with E-state index in [1.807, 2.05) is 41.5 Å². The zero-order valence-electron chi connectivity index (χ0n) is 18.3. The van der Waals surface area contributed by atoms with Crippen LogP contribution >= 0.6 is 0 Å². The fourth-order valence-electron chi connectivity index (χ4n) is 3.57. The van der Waals surface area contributed by atoms with Crippen LogP contribution in [0.25, 0.3) is 0 Å². The maximum absolute atomic E-state index is 13.3. The van der Waals surface area contributed by atoms with Gasteiger partial charge in [0.25, 0.3) is 0 Å². The largest absolute Gasteiger partial charge is 0.478 e. The minimum absolute atomic E-state index is 0.0973. The first-order valence-electron chi connectivity index (χ1n) is 9.00. The van der Waals surface area contributed by atoms with Crippen LogP contribution in [0.1, 0.15) is 83.1 Å². The van der Waals surface area contributed by atoms with Crippen molar-refractivity contribution in [3.63, 3.8) is 0 Å². The van der Waals surface area contributed by atoms with Crippen molar-refractivity contribution >= 4 is 11.9 Å². The summed E-state index contributed by atoms with van der Waals surface area (Å²) in [4.78, 5) is 25.2. The molecule has 0 saturated heterocycles. The topological polar surface area (TPSA) is 66.4 Å². The highest BCUT2D eigenvalue weighted by Gasteiger charge is 2.40. The van der Waals surface area contributed by atoms with E-state index in [0.717, 1.165) is 0 Å². The molecule has 0 spiro atoms. The van der Waals surface area contributed by atoms with E-state index in [2.05, 4.69) is 46.9 Å². The smallest absolute Gasteiger partial charge is 0.332 e. The van der Waals surface area contributed by atoms with Gasteiger partial charge in [-0.3, -0.25) is 4.79 Å². The zero-order chi connectivity index (χ0) is 20.6. The van der Waals surface area contributed by atoms with Gasteiger partial charge in [-0.05, 0) is 21.7 Å². The molecule has 0 aromatic heterocycles. The van der Waals surface area contributed by atoms with Gasteiger partial charge < -0.3 is 10.4 Å². The SMILES string of the molecule is CC(C)(C)/C(C(=O)O)=C(/C(=O)NC(C(C)(C)C)C(C)(C)C)C(C)(C)C. The molecule has 0 unspecified atom stereocenters. The van der Waals surface area contributed by atoms with Crippen LogP contribution in [0.15, 0.2) is 11.1 Å². The lowest BCUT2D eigenvalue weighted by molar-refractivity contribution is -0.134. The number of hydrogen-bond donors (Lipinski definition) is 2. The second-order valence-corrected chi connectivity index (χ2v) is 11.2. The third kappa shape index (κ3) is 6.48. The average Bonchev–Trinajstić information content (AvgIpc) is 2.25. The molecule has 0 saturated carbocycles. The highest BCUT2D eigenvalue weighted by atomic mass is 16.4. The molecule has 0 atom stereocenters. The Balaban J connectivity index is 6.38. The van der Waals surface area contributed by atoms with Gasteiger partial charge in [-0.15, -0.1) is 0 Å². The Morgan fingerprint density at radius 3 is 1.20 bits per heavy atom. The predicted molar refractivity (Wildman–Crippen MR) is 104 cm³/mol. The Hall–Kier alpha value is -1.32. The standard InChI is InChI=1S/C21H39NO3/c1-18(2,3)13(14(16(24)25)19(4,5)6)15(23)22-17(20(7,8)9)21(10,11)12/h17H,1-12H3,(H,22,23)(H,24,25)/b14-13-. The Morgan fingerprint density at radius 1 is 0.680 bits per heavy atom. The third-order valence-electron chi connectivity index (χ3n) is 4.20. The number of carbonyl (C=O) groups is 2. The second-order valence-electron chi connectivity index (χ2n) is 11.2. The van der Waals surface area contributed by atoms with Crippen LogP contribution in [0.2, 0.25) is 0 Å². The number of nitrogens with one attached hydrogen (secondary N) is 1. The van der Waals surface area contributed by atoms with Crippen molar-refractivity contribution in [2.45, 2.75) is 89.1 Å². The zero-order valence-corrected chi connectivity index (χ0v) is 18.3.